The number of nitrogens with zero attached hydrogens (tertiary/aromatic N) is 1. The number of anilines is 1. The van der Waals surface area contributed by atoms with E-state index < -0.39 is 11.4 Å². The first kappa shape index (κ1) is 23.3. The molecule has 1 aromatic heterocycles. The van der Waals surface area contributed by atoms with Crippen LogP contribution in [0.2, 0.25) is 0 Å². The van der Waals surface area contributed by atoms with Crippen LogP contribution < -0.4 is 15.4 Å². The highest BCUT2D eigenvalue weighted by molar-refractivity contribution is 7.89. The highest BCUT2D eigenvalue weighted by Crippen LogP contribution is 2.36. The second kappa shape index (κ2) is 9.82. The predicted octanol–water partition coefficient (Wildman–Crippen LogP) is 4.57. The molecule has 3 aromatic rings. The number of rotatable bonds is 7. The van der Waals surface area contributed by atoms with Gasteiger partial charge in [-0.2, -0.15) is 0 Å². The van der Waals surface area contributed by atoms with Crippen LogP contribution >= 0.6 is 11.3 Å². The molecule has 8 heteroatoms. The third-order valence-corrected chi connectivity index (χ3v) is 6.99. The number of benzene rings is 2. The van der Waals surface area contributed by atoms with Gasteiger partial charge in [0.2, 0.25) is 5.91 Å². The summed E-state index contributed by atoms with van der Waals surface area (Å²) in [6.45, 7) is 7.81. The molecule has 0 aliphatic carbocycles. The molecule has 0 fully saturated rings. The van der Waals surface area contributed by atoms with Gasteiger partial charge in [-0.05, 0) is 56.7 Å². The van der Waals surface area contributed by atoms with Crippen LogP contribution in [0.15, 0.2) is 53.6 Å². The smallest absolute Gasteiger partial charge is 0.217 e. The highest BCUT2D eigenvalue weighted by Gasteiger charge is 2.25. The molecule has 1 unspecified atom stereocenters. The van der Waals surface area contributed by atoms with Crippen molar-refractivity contribution in [2.45, 2.75) is 44.7 Å². The van der Waals surface area contributed by atoms with Gasteiger partial charge in [-0.25, -0.2) is 4.98 Å². The van der Waals surface area contributed by atoms with Crippen LogP contribution in [0.5, 0.6) is 0 Å². The van der Waals surface area contributed by atoms with E-state index >= 15 is 0 Å². The first-order valence-electron chi connectivity index (χ1n) is 9.97. The molecule has 0 aliphatic rings. The number of hydrogen-bond acceptors (Lipinski definition) is 6. The Bertz CT molecular complexity index is 1040. The van der Waals surface area contributed by atoms with Gasteiger partial charge in [0.1, 0.15) is 5.01 Å². The van der Waals surface area contributed by atoms with Gasteiger partial charge in [-0.15, -0.1) is 16.1 Å². The van der Waals surface area contributed by atoms with Gasteiger partial charge in [-0.3, -0.25) is 4.79 Å². The molecule has 1 amide bonds. The molecule has 3 N–H and O–H groups in total. The molecule has 6 nitrogen and oxygen atoms in total. The third-order valence-electron chi connectivity index (χ3n) is 4.38. The predicted molar refractivity (Wildman–Crippen MR) is 129 cm³/mol. The van der Waals surface area contributed by atoms with Crippen molar-refractivity contribution >= 4 is 34.3 Å². The van der Waals surface area contributed by atoms with Crippen molar-refractivity contribution < 1.29 is 9.35 Å². The molecule has 0 saturated heterocycles. The highest BCUT2D eigenvalue weighted by atomic mass is 32.2. The van der Waals surface area contributed by atoms with E-state index in [2.05, 4.69) is 20.3 Å². The Morgan fingerprint density at radius 3 is 2.48 bits per heavy atom. The summed E-state index contributed by atoms with van der Waals surface area (Å²) in [5.74, 6) is -0.101. The summed E-state index contributed by atoms with van der Waals surface area (Å²) in [4.78, 5) is 17.5. The lowest BCUT2D eigenvalue weighted by molar-refractivity contribution is -0.119. The van der Waals surface area contributed by atoms with E-state index in [-0.39, 0.29) is 11.4 Å². The van der Waals surface area contributed by atoms with Crippen LogP contribution in [0.1, 0.15) is 33.3 Å². The van der Waals surface area contributed by atoms with Gasteiger partial charge < -0.3 is 15.2 Å². The Kier molecular flexibility index (Phi) is 7.38. The second-order valence-electron chi connectivity index (χ2n) is 8.22. The maximum atomic E-state index is 13.2. The Labute approximate surface area is 190 Å². The van der Waals surface area contributed by atoms with Crippen molar-refractivity contribution in [3.8, 4) is 21.0 Å². The normalized spacial score (nSPS) is 12.5. The summed E-state index contributed by atoms with van der Waals surface area (Å²) < 4.78 is 16.3. The molecule has 1 heterocycles. The second-order valence-corrected chi connectivity index (χ2v) is 10.4. The van der Waals surface area contributed by atoms with Crippen molar-refractivity contribution in [3.05, 3.63) is 54.2 Å². The van der Waals surface area contributed by atoms with Crippen molar-refractivity contribution in [1.29, 1.82) is 0 Å². The van der Waals surface area contributed by atoms with Crippen LogP contribution in [0.25, 0.3) is 21.0 Å². The fraction of sp³-hybridized carbons (Fsp3) is 0.304. The lowest BCUT2D eigenvalue weighted by Crippen LogP contribution is -2.40. The topological polar surface area (TPSA) is 89.1 Å². The Hall–Kier alpha value is -2.39. The van der Waals surface area contributed by atoms with E-state index in [1.54, 1.807) is 11.3 Å². The number of carbonyl (C=O) groups excluding carboxylic acids is 1. The maximum absolute atomic E-state index is 13.2. The van der Waals surface area contributed by atoms with E-state index in [0.29, 0.717) is 11.4 Å². The lowest BCUT2D eigenvalue weighted by Gasteiger charge is -2.23. The first-order valence-corrected chi connectivity index (χ1v) is 11.9. The van der Waals surface area contributed by atoms with Gasteiger partial charge in [0.25, 0.3) is 0 Å². The third kappa shape index (κ3) is 6.30. The zero-order chi connectivity index (χ0) is 22.6. The molecule has 31 heavy (non-hydrogen) atoms. The summed E-state index contributed by atoms with van der Waals surface area (Å²) in [6, 6.07) is 13.9. The summed E-state index contributed by atoms with van der Waals surface area (Å²) in [5, 5.41) is 6.81. The van der Waals surface area contributed by atoms with Crippen molar-refractivity contribution in [1.82, 2.24) is 15.0 Å². The minimum Gasteiger partial charge on any atom is -0.593 e. The van der Waals surface area contributed by atoms with Gasteiger partial charge in [-0.1, -0.05) is 6.07 Å². The molecule has 0 aliphatic heterocycles. The standard InChI is InChI=1S/C23H28N4O2S2/c1-15(28)25-13-16-6-11-19(21(12-16)31(29)27-23(2,3)4)20-14-26-22(30-20)17-7-9-18(24-5)10-8-17/h6-12,14,24,27H,13H2,1-5H3,(H,25,28). The molecule has 164 valence electrons. The monoisotopic (exact) mass is 456 g/mol. The number of hydrogen-bond donors (Lipinski definition) is 3. The van der Waals surface area contributed by atoms with Gasteiger partial charge in [0, 0.05) is 44.0 Å². The Balaban J connectivity index is 1.96. The maximum Gasteiger partial charge on any atom is 0.217 e. The van der Waals surface area contributed by atoms with Crippen molar-refractivity contribution in [3.63, 3.8) is 0 Å². The van der Waals surface area contributed by atoms with Crippen LogP contribution in [-0.4, -0.2) is 28.0 Å². The van der Waals surface area contributed by atoms with E-state index in [4.69, 9.17) is 0 Å². The molecule has 0 bridgehead atoms. The van der Waals surface area contributed by atoms with Gasteiger partial charge in [0.15, 0.2) is 4.90 Å². The molecule has 0 saturated carbocycles. The first-order chi connectivity index (χ1) is 14.7. The summed E-state index contributed by atoms with van der Waals surface area (Å²) in [5.41, 5.74) is 3.53. The molecule has 0 radical (unpaired) electrons. The number of aromatic nitrogens is 1. The largest absolute Gasteiger partial charge is 0.593 e. The molecular weight excluding hydrogens is 428 g/mol. The Morgan fingerprint density at radius 1 is 1.16 bits per heavy atom. The van der Waals surface area contributed by atoms with E-state index in [0.717, 1.165) is 32.3 Å². The fourth-order valence-electron chi connectivity index (χ4n) is 2.90. The van der Waals surface area contributed by atoms with Crippen molar-refractivity contribution in [2.24, 2.45) is 0 Å². The summed E-state index contributed by atoms with van der Waals surface area (Å²) >= 11 is 0.142. The SMILES string of the molecule is CNc1ccc(-c2ncc(-c3ccc(CNC(C)=O)cc3[S+]([O-])NC(C)(C)C)s2)cc1. The molecule has 2 aromatic carbocycles. The van der Waals surface area contributed by atoms with Crippen molar-refractivity contribution in [2.75, 3.05) is 12.4 Å². The fourth-order valence-corrected chi connectivity index (χ4v) is 5.23. The minimum absolute atomic E-state index is 0.101. The van der Waals surface area contributed by atoms with Gasteiger partial charge >= 0.3 is 0 Å². The average Bonchev–Trinajstić information content (AvgIpc) is 3.21. The van der Waals surface area contributed by atoms with E-state index in [1.165, 1.54) is 6.92 Å². The molecule has 0 spiro atoms. The summed E-state index contributed by atoms with van der Waals surface area (Å²) in [6.07, 6.45) is 1.83. The molecular formula is C23H28N4O2S2. The zero-order valence-electron chi connectivity index (χ0n) is 18.4. The number of nitrogens with one attached hydrogen (secondary N) is 3. The minimum atomic E-state index is -1.42. The lowest BCUT2D eigenvalue weighted by atomic mass is 10.1. The van der Waals surface area contributed by atoms with Gasteiger partial charge in [0.05, 0.1) is 27.3 Å². The number of thiazole rings is 1. The van der Waals surface area contributed by atoms with E-state index in [1.807, 2.05) is 76.5 Å². The van der Waals surface area contributed by atoms with Crippen LogP contribution in [0, 0.1) is 0 Å². The molecule has 1 atom stereocenters. The van der Waals surface area contributed by atoms with Crippen LogP contribution in [-0.2, 0) is 22.7 Å². The summed E-state index contributed by atoms with van der Waals surface area (Å²) in [7, 11) is 1.89. The number of carbonyl (C=O) groups is 1. The average molecular weight is 457 g/mol. The van der Waals surface area contributed by atoms with Crippen LogP contribution in [0.3, 0.4) is 0 Å². The Morgan fingerprint density at radius 2 is 1.87 bits per heavy atom. The quantitative estimate of drug-likeness (QED) is 0.453. The van der Waals surface area contributed by atoms with E-state index in [9.17, 15) is 9.35 Å². The zero-order valence-corrected chi connectivity index (χ0v) is 20.0. The molecule has 3 rings (SSSR count). The number of amides is 1. The van der Waals surface area contributed by atoms with Crippen LogP contribution in [0.4, 0.5) is 5.69 Å².